The quantitative estimate of drug-likeness (QED) is 0.134. The minimum Gasteiger partial charge on any atom is -0.493 e. The Labute approximate surface area is 241 Å². The van der Waals surface area contributed by atoms with Crippen LogP contribution in [-0.2, 0) is 12.8 Å². The Hall–Kier alpha value is -4.62. The van der Waals surface area contributed by atoms with E-state index in [4.69, 9.17) is 20.6 Å². The molecule has 5 N–H and O–H groups in total. The van der Waals surface area contributed by atoms with E-state index in [1.54, 1.807) is 32.4 Å². The molecule has 4 aromatic rings. The van der Waals surface area contributed by atoms with Crippen LogP contribution in [0.15, 0.2) is 97.1 Å². The van der Waals surface area contributed by atoms with Crippen molar-refractivity contribution in [3.05, 3.63) is 119 Å². The number of amides is 1. The molecule has 4 rings (SSSR count). The fourth-order valence-electron chi connectivity index (χ4n) is 4.98. The Morgan fingerprint density at radius 2 is 1.51 bits per heavy atom. The maximum Gasteiger partial charge on any atom is 0.251 e. The Bertz CT molecular complexity index is 1450. The Kier molecular flexibility index (Phi) is 10.1. The SMILES string of the molecule is COc1ccc(-c2ccc(C(=O)NC(CCc3ccccc3)C(CO)Cc3cccc(C(=N)N)c3)cc2)cc1OC. The summed E-state index contributed by atoms with van der Waals surface area (Å²) in [5, 5.41) is 21.4. The molecule has 7 nitrogen and oxygen atoms in total. The third-order valence-corrected chi connectivity index (χ3v) is 7.31. The van der Waals surface area contributed by atoms with Crippen LogP contribution in [0.1, 0.15) is 33.5 Å². The van der Waals surface area contributed by atoms with Crippen molar-refractivity contribution in [2.24, 2.45) is 11.7 Å². The maximum atomic E-state index is 13.4. The van der Waals surface area contributed by atoms with E-state index in [-0.39, 0.29) is 30.3 Å². The van der Waals surface area contributed by atoms with Crippen LogP contribution in [0.5, 0.6) is 11.5 Å². The van der Waals surface area contributed by atoms with E-state index < -0.39 is 0 Å². The highest BCUT2D eigenvalue weighted by molar-refractivity contribution is 5.95. The van der Waals surface area contributed by atoms with Crippen LogP contribution in [0, 0.1) is 11.3 Å². The van der Waals surface area contributed by atoms with Crippen molar-refractivity contribution in [2.75, 3.05) is 20.8 Å². The number of ether oxygens (including phenoxy) is 2. The predicted molar refractivity (Wildman–Crippen MR) is 163 cm³/mol. The lowest BCUT2D eigenvalue weighted by Gasteiger charge is -2.27. The molecule has 2 unspecified atom stereocenters. The monoisotopic (exact) mass is 551 g/mol. The van der Waals surface area contributed by atoms with E-state index in [0.29, 0.717) is 35.5 Å². The molecule has 2 atom stereocenters. The van der Waals surface area contributed by atoms with Crippen LogP contribution in [0.3, 0.4) is 0 Å². The fraction of sp³-hybridized carbons (Fsp3) is 0.235. The van der Waals surface area contributed by atoms with E-state index in [0.717, 1.165) is 23.1 Å². The van der Waals surface area contributed by atoms with Gasteiger partial charge in [0.2, 0.25) is 0 Å². The van der Waals surface area contributed by atoms with Crippen molar-refractivity contribution in [3.8, 4) is 22.6 Å². The largest absolute Gasteiger partial charge is 0.493 e. The molecule has 0 aliphatic carbocycles. The van der Waals surface area contributed by atoms with Crippen LogP contribution < -0.4 is 20.5 Å². The average Bonchev–Trinajstić information content (AvgIpc) is 3.02. The molecule has 0 radical (unpaired) electrons. The topological polar surface area (TPSA) is 118 Å². The van der Waals surface area contributed by atoms with Gasteiger partial charge in [0.15, 0.2) is 11.5 Å². The van der Waals surface area contributed by atoms with E-state index in [1.807, 2.05) is 66.7 Å². The highest BCUT2D eigenvalue weighted by Crippen LogP contribution is 2.32. The van der Waals surface area contributed by atoms with Crippen LogP contribution in [-0.4, -0.2) is 43.7 Å². The van der Waals surface area contributed by atoms with Crippen LogP contribution in [0.2, 0.25) is 0 Å². The molecule has 41 heavy (non-hydrogen) atoms. The zero-order valence-electron chi connectivity index (χ0n) is 23.5. The molecule has 0 heterocycles. The van der Waals surface area contributed by atoms with Crippen LogP contribution in [0.4, 0.5) is 0 Å². The van der Waals surface area contributed by atoms with E-state index in [9.17, 15) is 9.90 Å². The molecular weight excluding hydrogens is 514 g/mol. The number of methoxy groups -OCH3 is 2. The van der Waals surface area contributed by atoms with Gasteiger partial charge in [-0.2, -0.15) is 0 Å². The number of nitrogens with one attached hydrogen (secondary N) is 2. The van der Waals surface area contributed by atoms with Crippen molar-refractivity contribution in [1.82, 2.24) is 5.32 Å². The molecule has 0 spiro atoms. The number of aliphatic hydroxyl groups excluding tert-OH is 1. The van der Waals surface area contributed by atoms with Gasteiger partial charge in [0.1, 0.15) is 5.84 Å². The van der Waals surface area contributed by atoms with E-state index >= 15 is 0 Å². The Morgan fingerprint density at radius 1 is 0.829 bits per heavy atom. The smallest absolute Gasteiger partial charge is 0.251 e. The summed E-state index contributed by atoms with van der Waals surface area (Å²) >= 11 is 0. The number of carbonyl (C=O) groups excluding carboxylic acids is 1. The minimum atomic E-state index is -0.279. The van der Waals surface area contributed by atoms with Gasteiger partial charge in [-0.15, -0.1) is 0 Å². The summed E-state index contributed by atoms with van der Waals surface area (Å²) < 4.78 is 10.8. The second-order valence-corrected chi connectivity index (χ2v) is 10.0. The van der Waals surface area contributed by atoms with E-state index in [1.165, 1.54) is 5.56 Å². The standard InChI is InChI=1S/C34H37N3O4/c1-40-31-18-16-27(21-32(31)41-2)25-12-14-26(15-13-25)34(39)37-30(17-11-23-7-4-3-5-8-23)29(22-38)20-24-9-6-10-28(19-24)33(35)36/h3-10,12-16,18-19,21,29-30,38H,11,17,20,22H2,1-2H3,(H3,35,36)(H,37,39). The third kappa shape index (κ3) is 7.74. The van der Waals surface area contributed by atoms with Crippen molar-refractivity contribution >= 4 is 11.7 Å². The van der Waals surface area contributed by atoms with Gasteiger partial charge in [0.05, 0.1) is 14.2 Å². The van der Waals surface area contributed by atoms with E-state index in [2.05, 4.69) is 17.4 Å². The van der Waals surface area contributed by atoms with Gasteiger partial charge in [-0.25, -0.2) is 0 Å². The highest BCUT2D eigenvalue weighted by atomic mass is 16.5. The molecule has 0 saturated heterocycles. The first-order valence-corrected chi connectivity index (χ1v) is 13.6. The van der Waals surface area contributed by atoms with Gasteiger partial charge in [-0.1, -0.05) is 66.7 Å². The molecule has 0 bridgehead atoms. The van der Waals surface area contributed by atoms with Crippen molar-refractivity contribution in [2.45, 2.75) is 25.3 Å². The number of rotatable bonds is 13. The molecule has 0 fully saturated rings. The van der Waals surface area contributed by atoms with Gasteiger partial charge >= 0.3 is 0 Å². The first-order valence-electron chi connectivity index (χ1n) is 13.6. The summed E-state index contributed by atoms with van der Waals surface area (Å²) in [5.74, 6) is 0.865. The van der Waals surface area contributed by atoms with Gasteiger partial charge in [-0.05, 0) is 71.8 Å². The number of aliphatic hydroxyl groups is 1. The number of carbonyl (C=O) groups is 1. The fourth-order valence-corrected chi connectivity index (χ4v) is 4.98. The number of aryl methyl sites for hydroxylation is 1. The van der Waals surface area contributed by atoms with Gasteiger partial charge in [-0.3, -0.25) is 10.2 Å². The van der Waals surface area contributed by atoms with Crippen molar-refractivity contribution in [3.63, 3.8) is 0 Å². The number of hydrogen-bond acceptors (Lipinski definition) is 5. The lowest BCUT2D eigenvalue weighted by atomic mass is 9.88. The Balaban J connectivity index is 1.53. The van der Waals surface area contributed by atoms with Crippen LogP contribution in [0.25, 0.3) is 11.1 Å². The first kappa shape index (κ1) is 29.4. The third-order valence-electron chi connectivity index (χ3n) is 7.31. The molecule has 4 aromatic carbocycles. The minimum absolute atomic E-state index is 0.00198. The molecule has 7 heteroatoms. The summed E-state index contributed by atoms with van der Waals surface area (Å²) in [6.45, 7) is -0.0950. The number of nitrogen functional groups attached to an aromatic ring is 1. The molecule has 0 aliphatic heterocycles. The molecule has 1 amide bonds. The molecule has 0 aromatic heterocycles. The summed E-state index contributed by atoms with van der Waals surface area (Å²) in [6.07, 6.45) is 1.96. The number of amidine groups is 1. The molecular formula is C34H37N3O4. The zero-order chi connectivity index (χ0) is 29.2. The normalized spacial score (nSPS) is 12.3. The highest BCUT2D eigenvalue weighted by Gasteiger charge is 2.24. The second-order valence-electron chi connectivity index (χ2n) is 10.0. The number of benzene rings is 4. The zero-order valence-corrected chi connectivity index (χ0v) is 23.5. The predicted octanol–water partition coefficient (Wildman–Crippen LogP) is 5.24. The van der Waals surface area contributed by atoms with Crippen molar-refractivity contribution < 1.29 is 19.4 Å². The number of hydrogen-bond donors (Lipinski definition) is 4. The lowest BCUT2D eigenvalue weighted by Crippen LogP contribution is -2.43. The first-order chi connectivity index (χ1) is 19.9. The molecule has 0 saturated carbocycles. The summed E-state index contributed by atoms with van der Waals surface area (Å²) in [6, 6.07) is 30.4. The second kappa shape index (κ2) is 14.1. The average molecular weight is 552 g/mol. The number of nitrogens with two attached hydrogens (primary N) is 1. The van der Waals surface area contributed by atoms with Gasteiger partial charge < -0.3 is 25.6 Å². The molecule has 0 aliphatic rings. The summed E-state index contributed by atoms with van der Waals surface area (Å²) in [7, 11) is 3.20. The van der Waals surface area contributed by atoms with Crippen molar-refractivity contribution in [1.29, 1.82) is 5.41 Å². The maximum absolute atomic E-state index is 13.4. The van der Waals surface area contributed by atoms with Gasteiger partial charge in [0.25, 0.3) is 5.91 Å². The summed E-state index contributed by atoms with van der Waals surface area (Å²) in [4.78, 5) is 13.4. The lowest BCUT2D eigenvalue weighted by molar-refractivity contribution is 0.0898. The summed E-state index contributed by atoms with van der Waals surface area (Å²) in [5.41, 5.74) is 10.9. The Morgan fingerprint density at radius 3 is 2.17 bits per heavy atom. The van der Waals surface area contributed by atoms with Gasteiger partial charge in [0, 0.05) is 29.7 Å². The van der Waals surface area contributed by atoms with Crippen LogP contribution >= 0.6 is 0 Å². The molecule has 212 valence electrons.